The zero-order valence-electron chi connectivity index (χ0n) is 33.9. The van der Waals surface area contributed by atoms with Gasteiger partial charge in [-0.3, -0.25) is 14.6 Å². The molecule has 62 heavy (non-hydrogen) atoms. The molecule has 0 radical (unpaired) electrons. The van der Waals surface area contributed by atoms with Gasteiger partial charge in [-0.25, -0.2) is 21.6 Å². The molecule has 2 N–H and O–H groups in total. The Hall–Kier alpha value is -4.10. The van der Waals surface area contributed by atoms with Gasteiger partial charge in [0, 0.05) is 85.3 Å². The van der Waals surface area contributed by atoms with E-state index in [1.807, 2.05) is 47.2 Å². The lowest BCUT2D eigenvalue weighted by atomic mass is 9.87. The minimum Gasteiger partial charge on any atom is -0.379 e. The predicted molar refractivity (Wildman–Crippen MR) is 238 cm³/mol. The van der Waals surface area contributed by atoms with E-state index in [2.05, 4.69) is 32.1 Å². The number of sulfone groups is 1. The van der Waals surface area contributed by atoms with Crippen LogP contribution >= 0.6 is 23.4 Å². The molecule has 2 heterocycles. The average molecular weight is 933 g/mol. The standard InChI is InChI=1S/C44H49ClF3N5O6S3/c45-35-14-10-32(11-15-35)40-9-5-4-6-34(40)29-51-20-22-53(23-21-51)37-16-12-33(13-17-37)43(54)50-62(57,58)39-18-19-41(42(28-39)61(55,56)44(46,47)48)49-36(30-52-24-26-59-27-25-52)31-60-38-7-2-1-3-8-38/h1-3,7-8,10-19,28,36,49H,4-6,9,20-27,29-31H2,(H,50,54)/t36-/m1/s1. The molecule has 0 saturated carbocycles. The number of nitrogens with zero attached hydrogens (tertiary/aromatic N) is 3. The van der Waals surface area contributed by atoms with Crippen LogP contribution in [0, 0.1) is 0 Å². The maximum absolute atomic E-state index is 14.1. The number of nitrogens with one attached hydrogen (secondary N) is 2. The summed E-state index contributed by atoms with van der Waals surface area (Å²) < 4.78 is 103. The summed E-state index contributed by atoms with van der Waals surface area (Å²) in [6.45, 7) is 6.50. The van der Waals surface area contributed by atoms with Gasteiger partial charge in [0.25, 0.3) is 25.8 Å². The van der Waals surface area contributed by atoms with E-state index in [0.29, 0.717) is 44.7 Å². The fourth-order valence-electron chi connectivity index (χ4n) is 7.94. The Kier molecular flexibility index (Phi) is 14.9. The third-order valence-corrected chi connectivity index (χ3v) is 15.6. The van der Waals surface area contributed by atoms with Crippen molar-refractivity contribution in [3.8, 4) is 0 Å². The number of piperazine rings is 1. The number of hydrogen-bond donors (Lipinski definition) is 2. The Morgan fingerprint density at radius 1 is 0.806 bits per heavy atom. The van der Waals surface area contributed by atoms with E-state index in [-0.39, 0.29) is 5.56 Å². The van der Waals surface area contributed by atoms with Gasteiger partial charge >= 0.3 is 5.51 Å². The Morgan fingerprint density at radius 3 is 2.16 bits per heavy atom. The molecule has 0 unspecified atom stereocenters. The maximum atomic E-state index is 14.1. The lowest BCUT2D eigenvalue weighted by Gasteiger charge is -2.37. The van der Waals surface area contributed by atoms with Gasteiger partial charge in [-0.2, -0.15) is 13.2 Å². The topological polar surface area (TPSA) is 128 Å². The minimum atomic E-state index is -6.05. The zero-order valence-corrected chi connectivity index (χ0v) is 37.2. The van der Waals surface area contributed by atoms with E-state index in [1.165, 1.54) is 53.4 Å². The number of thioether (sulfide) groups is 1. The van der Waals surface area contributed by atoms with Crippen molar-refractivity contribution in [2.24, 2.45) is 0 Å². The summed E-state index contributed by atoms with van der Waals surface area (Å²) in [6.07, 6.45) is 4.46. The first-order valence-electron chi connectivity index (χ1n) is 20.5. The van der Waals surface area contributed by atoms with E-state index in [0.717, 1.165) is 73.3 Å². The van der Waals surface area contributed by atoms with Crippen LogP contribution in [-0.2, 0) is 24.6 Å². The molecule has 1 atom stereocenters. The molecule has 1 amide bonds. The van der Waals surface area contributed by atoms with E-state index >= 15 is 0 Å². The third kappa shape index (κ3) is 11.5. The Labute approximate surface area is 370 Å². The molecule has 2 aliphatic heterocycles. The van der Waals surface area contributed by atoms with Crippen LogP contribution in [0.1, 0.15) is 41.6 Å². The summed E-state index contributed by atoms with van der Waals surface area (Å²) >= 11 is 7.58. The van der Waals surface area contributed by atoms with Crippen molar-refractivity contribution < 1.29 is 39.5 Å². The lowest BCUT2D eigenvalue weighted by molar-refractivity contribution is -0.0435. The van der Waals surface area contributed by atoms with Crippen LogP contribution in [0.25, 0.3) is 5.57 Å². The number of carbonyl (C=O) groups is 1. The minimum absolute atomic E-state index is 0.00165. The van der Waals surface area contributed by atoms with Crippen molar-refractivity contribution in [2.75, 3.05) is 81.5 Å². The molecule has 3 aliphatic rings. The molecule has 0 spiro atoms. The van der Waals surface area contributed by atoms with Crippen molar-refractivity contribution in [1.29, 1.82) is 0 Å². The number of carbonyl (C=O) groups excluding carboxylic acids is 1. The molecule has 4 aromatic rings. The first-order valence-corrected chi connectivity index (χ1v) is 24.8. The number of amides is 1. The molecule has 18 heteroatoms. The first-order chi connectivity index (χ1) is 29.7. The molecule has 4 aromatic carbocycles. The van der Waals surface area contributed by atoms with E-state index in [1.54, 1.807) is 12.1 Å². The number of ether oxygens (including phenoxy) is 1. The monoisotopic (exact) mass is 931 g/mol. The lowest BCUT2D eigenvalue weighted by Crippen LogP contribution is -2.47. The largest absolute Gasteiger partial charge is 0.501 e. The number of allylic oxidation sites excluding steroid dienone is 1. The zero-order chi connectivity index (χ0) is 43.9. The number of alkyl halides is 3. The van der Waals surface area contributed by atoms with Crippen LogP contribution in [0.5, 0.6) is 0 Å². The van der Waals surface area contributed by atoms with Gasteiger partial charge in [-0.15, -0.1) is 11.8 Å². The predicted octanol–water partition coefficient (Wildman–Crippen LogP) is 7.81. The number of halogens is 4. The second kappa shape index (κ2) is 20.2. The van der Waals surface area contributed by atoms with Crippen LogP contribution in [0.15, 0.2) is 117 Å². The van der Waals surface area contributed by atoms with Gasteiger partial charge in [-0.1, -0.05) is 47.5 Å². The number of rotatable bonds is 15. The molecule has 2 fully saturated rings. The third-order valence-electron chi connectivity index (χ3n) is 11.3. The number of sulfonamides is 1. The number of morpholine rings is 1. The summed E-state index contributed by atoms with van der Waals surface area (Å²) in [5, 5.41) is 3.69. The summed E-state index contributed by atoms with van der Waals surface area (Å²) in [5.74, 6) is -0.673. The van der Waals surface area contributed by atoms with Crippen LogP contribution < -0.4 is 14.9 Å². The van der Waals surface area contributed by atoms with Crippen molar-refractivity contribution in [3.63, 3.8) is 0 Å². The van der Waals surface area contributed by atoms with Gasteiger partial charge < -0.3 is 15.0 Å². The highest BCUT2D eigenvalue weighted by Gasteiger charge is 2.48. The molecule has 0 bridgehead atoms. The quantitative estimate of drug-likeness (QED) is 0.113. The summed E-state index contributed by atoms with van der Waals surface area (Å²) in [7, 11) is -10.9. The van der Waals surface area contributed by atoms with Gasteiger partial charge in [-0.05, 0) is 104 Å². The summed E-state index contributed by atoms with van der Waals surface area (Å²) in [5.41, 5.74) is -1.21. The first kappa shape index (κ1) is 45.9. The highest BCUT2D eigenvalue weighted by atomic mass is 35.5. The van der Waals surface area contributed by atoms with Crippen molar-refractivity contribution in [1.82, 2.24) is 14.5 Å². The second-order valence-corrected chi connectivity index (χ2v) is 20.6. The molecule has 1 aliphatic carbocycles. The summed E-state index contributed by atoms with van der Waals surface area (Å²) in [4.78, 5) is 18.8. The van der Waals surface area contributed by atoms with Crippen LogP contribution in [0.3, 0.4) is 0 Å². The smallest absolute Gasteiger partial charge is 0.379 e. The SMILES string of the molecule is O=C(NS(=O)(=O)c1ccc(N[C@@H](CSc2ccccc2)CN2CCOCC2)c(S(=O)(=O)C(F)(F)F)c1)c1ccc(N2CCN(CC3=C(c4ccc(Cl)cc4)CCCC3)CC2)cc1. The highest BCUT2D eigenvalue weighted by Crippen LogP contribution is 2.37. The van der Waals surface area contributed by atoms with Crippen molar-refractivity contribution in [3.05, 3.63) is 119 Å². The fraction of sp³-hybridized carbons (Fsp3) is 0.386. The summed E-state index contributed by atoms with van der Waals surface area (Å²) in [6, 6.07) is 25.6. The van der Waals surface area contributed by atoms with Gasteiger partial charge in [0.05, 0.1) is 23.8 Å². The van der Waals surface area contributed by atoms with E-state index < -0.39 is 52.8 Å². The molecular weight excluding hydrogens is 883 g/mol. The molecule has 11 nitrogen and oxygen atoms in total. The normalized spacial score (nSPS) is 17.8. The second-order valence-electron chi connectivity index (χ2n) is 15.5. The van der Waals surface area contributed by atoms with Crippen molar-refractivity contribution in [2.45, 2.75) is 51.9 Å². The Bertz CT molecular complexity index is 2430. The number of benzene rings is 4. The van der Waals surface area contributed by atoms with Crippen molar-refractivity contribution >= 4 is 66.1 Å². The van der Waals surface area contributed by atoms with E-state index in [9.17, 15) is 34.8 Å². The fourth-order valence-corrected chi connectivity index (χ4v) is 11.0. The number of hydrogen-bond acceptors (Lipinski definition) is 11. The van der Waals surface area contributed by atoms with Gasteiger partial charge in [0.1, 0.15) is 4.90 Å². The maximum Gasteiger partial charge on any atom is 0.501 e. The van der Waals surface area contributed by atoms with Gasteiger partial charge in [0.2, 0.25) is 0 Å². The highest BCUT2D eigenvalue weighted by molar-refractivity contribution is 7.99. The van der Waals surface area contributed by atoms with Crippen LogP contribution in [0.4, 0.5) is 24.5 Å². The molecule has 0 aromatic heterocycles. The van der Waals surface area contributed by atoms with Crippen LogP contribution in [-0.4, -0.2) is 115 Å². The molecule has 2 saturated heterocycles. The molecular formula is C44H49ClF3N5O6S3. The van der Waals surface area contributed by atoms with Gasteiger partial charge in [0.15, 0.2) is 0 Å². The average Bonchev–Trinajstić information content (AvgIpc) is 3.26. The Balaban J connectivity index is 1.02. The number of anilines is 2. The van der Waals surface area contributed by atoms with Crippen LogP contribution in [0.2, 0.25) is 5.02 Å². The molecule has 332 valence electrons. The Morgan fingerprint density at radius 2 is 1.48 bits per heavy atom. The molecule has 7 rings (SSSR count). The van der Waals surface area contributed by atoms with E-state index in [4.69, 9.17) is 16.3 Å².